The van der Waals surface area contributed by atoms with Crippen molar-refractivity contribution in [3.63, 3.8) is 0 Å². The second-order valence-electron chi connectivity index (χ2n) is 6.38. The van der Waals surface area contributed by atoms with E-state index in [4.69, 9.17) is 10.2 Å². The van der Waals surface area contributed by atoms with Crippen LogP contribution in [0.15, 0.2) is 47.1 Å². The second kappa shape index (κ2) is 11.2. The van der Waals surface area contributed by atoms with Gasteiger partial charge in [0.2, 0.25) is 0 Å². The number of aliphatic carboxylic acids is 2. The number of hydrogen-bond donors (Lipinski definition) is 3. The van der Waals surface area contributed by atoms with Crippen LogP contribution in [-0.2, 0) is 14.4 Å². The standard InChI is InChI=1S/C15H20O4.C5H8O2/c1-9-4-5-12(11(3)15(18)19)8-14(17)10(2)7-13(16)6-9;1-3-4(2)5(6)7/h6-7,12,14,17H,3-5,8H2,1-2H3,(H,18,19);3H,1-2H3,(H,6,7)/b9-6+,10-7-;4-3+/t12-,14+;/m1./s1. The van der Waals surface area contributed by atoms with Crippen molar-refractivity contribution >= 4 is 17.7 Å². The zero-order valence-electron chi connectivity index (χ0n) is 15.8. The minimum Gasteiger partial charge on any atom is -0.478 e. The second-order valence-corrected chi connectivity index (χ2v) is 6.38. The molecule has 0 heterocycles. The molecule has 1 aliphatic carbocycles. The molecule has 2 atom stereocenters. The van der Waals surface area contributed by atoms with Crippen molar-refractivity contribution < 1.29 is 29.7 Å². The first-order valence-corrected chi connectivity index (χ1v) is 8.35. The maximum absolute atomic E-state index is 11.6. The number of aliphatic hydroxyl groups excluding tert-OH is 1. The summed E-state index contributed by atoms with van der Waals surface area (Å²) in [5.41, 5.74) is 1.97. The molecule has 0 amide bonds. The normalized spacial score (nSPS) is 25.6. The molecule has 0 aromatic heterocycles. The maximum atomic E-state index is 11.6. The maximum Gasteiger partial charge on any atom is 0.331 e. The molecular weight excluding hydrogens is 336 g/mol. The summed E-state index contributed by atoms with van der Waals surface area (Å²) < 4.78 is 0. The van der Waals surface area contributed by atoms with E-state index in [-0.39, 0.29) is 23.7 Å². The van der Waals surface area contributed by atoms with Crippen LogP contribution in [0.5, 0.6) is 0 Å². The van der Waals surface area contributed by atoms with E-state index in [0.29, 0.717) is 24.0 Å². The van der Waals surface area contributed by atoms with Gasteiger partial charge in [-0.05, 0) is 70.6 Å². The fourth-order valence-corrected chi connectivity index (χ4v) is 2.27. The monoisotopic (exact) mass is 364 g/mol. The number of aliphatic hydroxyl groups is 1. The SMILES string of the molecule is C/C=C(\C)C(=O)O.C=C(C(=O)O)[C@@H]1CC/C(C)=C/C(=O)/C=C(/C)[C@@H](O)C1. The number of carboxylic acids is 2. The smallest absolute Gasteiger partial charge is 0.331 e. The highest BCUT2D eigenvalue weighted by atomic mass is 16.4. The molecule has 1 rings (SSSR count). The number of ketones is 1. The lowest BCUT2D eigenvalue weighted by Crippen LogP contribution is -2.21. The highest BCUT2D eigenvalue weighted by Crippen LogP contribution is 2.27. The zero-order chi connectivity index (χ0) is 20.4. The van der Waals surface area contributed by atoms with Crippen LogP contribution in [-0.4, -0.2) is 39.1 Å². The summed E-state index contributed by atoms with van der Waals surface area (Å²) in [7, 11) is 0. The van der Waals surface area contributed by atoms with Crippen molar-refractivity contribution in [2.45, 2.75) is 53.1 Å². The lowest BCUT2D eigenvalue weighted by molar-refractivity contribution is -0.134. The van der Waals surface area contributed by atoms with Crippen molar-refractivity contribution in [2.75, 3.05) is 0 Å². The Morgan fingerprint density at radius 3 is 2.19 bits per heavy atom. The van der Waals surface area contributed by atoms with Gasteiger partial charge in [0.25, 0.3) is 0 Å². The van der Waals surface area contributed by atoms with Gasteiger partial charge in [0, 0.05) is 11.1 Å². The molecule has 0 saturated heterocycles. The molecule has 0 fully saturated rings. The van der Waals surface area contributed by atoms with E-state index < -0.39 is 18.0 Å². The van der Waals surface area contributed by atoms with Gasteiger partial charge in [-0.25, -0.2) is 9.59 Å². The highest BCUT2D eigenvalue weighted by Gasteiger charge is 2.23. The van der Waals surface area contributed by atoms with Gasteiger partial charge in [-0.15, -0.1) is 0 Å². The Morgan fingerprint density at radius 1 is 1.19 bits per heavy atom. The van der Waals surface area contributed by atoms with Gasteiger partial charge < -0.3 is 15.3 Å². The molecule has 6 heteroatoms. The number of hydrogen-bond acceptors (Lipinski definition) is 4. The van der Waals surface area contributed by atoms with Gasteiger partial charge in [-0.2, -0.15) is 0 Å². The van der Waals surface area contributed by atoms with Crippen LogP contribution in [0, 0.1) is 5.92 Å². The zero-order valence-corrected chi connectivity index (χ0v) is 15.8. The summed E-state index contributed by atoms with van der Waals surface area (Å²) in [5.74, 6) is -2.30. The molecule has 0 bridgehead atoms. The van der Waals surface area contributed by atoms with Crippen LogP contribution in [0.3, 0.4) is 0 Å². The van der Waals surface area contributed by atoms with Gasteiger partial charge >= 0.3 is 11.9 Å². The Labute approximate surface area is 154 Å². The quantitative estimate of drug-likeness (QED) is 0.663. The third-order valence-electron chi connectivity index (χ3n) is 4.22. The van der Waals surface area contributed by atoms with Crippen molar-refractivity contribution in [1.82, 2.24) is 0 Å². The third-order valence-corrected chi connectivity index (χ3v) is 4.22. The minimum atomic E-state index is -1.03. The Balaban J connectivity index is 0.000000758. The van der Waals surface area contributed by atoms with E-state index in [1.165, 1.54) is 12.2 Å². The van der Waals surface area contributed by atoms with E-state index in [2.05, 4.69) is 6.58 Å². The van der Waals surface area contributed by atoms with Crippen molar-refractivity contribution in [3.05, 3.63) is 47.1 Å². The molecule has 0 unspecified atom stereocenters. The van der Waals surface area contributed by atoms with Crippen molar-refractivity contribution in [2.24, 2.45) is 5.92 Å². The van der Waals surface area contributed by atoms with E-state index in [9.17, 15) is 19.5 Å². The summed E-state index contributed by atoms with van der Waals surface area (Å²) in [6, 6.07) is 0. The van der Waals surface area contributed by atoms with E-state index in [1.807, 2.05) is 6.92 Å². The predicted molar refractivity (Wildman–Crippen MR) is 99.7 cm³/mol. The van der Waals surface area contributed by atoms with Crippen LogP contribution >= 0.6 is 0 Å². The molecule has 0 aromatic carbocycles. The van der Waals surface area contributed by atoms with Crippen LogP contribution in [0.1, 0.15) is 47.0 Å². The van der Waals surface area contributed by atoms with Crippen molar-refractivity contribution in [1.29, 1.82) is 0 Å². The first kappa shape index (κ1) is 23.5. The van der Waals surface area contributed by atoms with Crippen molar-refractivity contribution in [3.8, 4) is 0 Å². The lowest BCUT2D eigenvalue weighted by Gasteiger charge is -2.22. The molecule has 0 radical (unpaired) electrons. The molecule has 3 N–H and O–H groups in total. The summed E-state index contributed by atoms with van der Waals surface area (Å²) in [5, 5.41) is 27.1. The Bertz CT molecular complexity index is 651. The fourth-order valence-electron chi connectivity index (χ4n) is 2.27. The Hall–Kier alpha value is -2.47. The van der Waals surface area contributed by atoms with Crippen LogP contribution < -0.4 is 0 Å². The van der Waals surface area contributed by atoms with E-state index in [1.54, 1.807) is 26.8 Å². The number of allylic oxidation sites excluding steroid dienone is 4. The van der Waals surface area contributed by atoms with Gasteiger partial charge in [-0.1, -0.05) is 18.2 Å². The van der Waals surface area contributed by atoms with E-state index >= 15 is 0 Å². The Kier molecular flexibility index (Phi) is 10.1. The van der Waals surface area contributed by atoms with Gasteiger partial charge in [-0.3, -0.25) is 4.79 Å². The minimum absolute atomic E-state index is 0.117. The number of carbonyl (C=O) groups is 3. The largest absolute Gasteiger partial charge is 0.478 e. The van der Waals surface area contributed by atoms with Gasteiger partial charge in [0.05, 0.1) is 6.10 Å². The summed E-state index contributed by atoms with van der Waals surface area (Å²) in [4.78, 5) is 32.5. The fraction of sp³-hybridized carbons (Fsp3) is 0.450. The van der Waals surface area contributed by atoms with Crippen LogP contribution in [0.4, 0.5) is 0 Å². The molecule has 0 aromatic rings. The Morgan fingerprint density at radius 2 is 1.77 bits per heavy atom. The average molecular weight is 364 g/mol. The summed E-state index contributed by atoms with van der Waals surface area (Å²) in [6.45, 7) is 10.4. The molecule has 0 aliphatic heterocycles. The van der Waals surface area contributed by atoms with Gasteiger partial charge in [0.15, 0.2) is 5.78 Å². The number of rotatable bonds is 3. The van der Waals surface area contributed by atoms with E-state index in [0.717, 1.165) is 5.57 Å². The topological polar surface area (TPSA) is 112 Å². The predicted octanol–water partition coefficient (Wildman–Crippen LogP) is 3.29. The average Bonchev–Trinajstić information content (AvgIpc) is 2.56. The highest BCUT2D eigenvalue weighted by molar-refractivity contribution is 6.00. The molecule has 0 saturated carbocycles. The number of carboxylic acid groups (broad SMARTS) is 2. The number of carbonyl (C=O) groups excluding carboxylic acids is 1. The third kappa shape index (κ3) is 8.58. The van der Waals surface area contributed by atoms with Crippen LogP contribution in [0.25, 0.3) is 0 Å². The lowest BCUT2D eigenvalue weighted by atomic mass is 9.85. The first-order chi connectivity index (χ1) is 12.0. The summed E-state index contributed by atoms with van der Waals surface area (Å²) >= 11 is 0. The molecular formula is C20H28O6. The molecule has 144 valence electrons. The summed E-state index contributed by atoms with van der Waals surface area (Å²) in [6.07, 6.45) is 5.17. The molecule has 26 heavy (non-hydrogen) atoms. The molecule has 1 aliphatic rings. The first-order valence-electron chi connectivity index (χ1n) is 8.35. The molecule has 0 spiro atoms. The van der Waals surface area contributed by atoms with Crippen LogP contribution in [0.2, 0.25) is 0 Å². The molecule has 6 nitrogen and oxygen atoms in total. The van der Waals surface area contributed by atoms with Gasteiger partial charge in [0.1, 0.15) is 0 Å².